The molecule has 1 aliphatic rings. The first-order valence-electron chi connectivity index (χ1n) is 10.6. The molecule has 0 radical (unpaired) electrons. The summed E-state index contributed by atoms with van der Waals surface area (Å²) in [6, 6.07) is 9.79. The van der Waals surface area contributed by atoms with Gasteiger partial charge in [-0.25, -0.2) is 8.42 Å². The van der Waals surface area contributed by atoms with Crippen LogP contribution in [0.2, 0.25) is 0 Å². The van der Waals surface area contributed by atoms with E-state index >= 15 is 0 Å². The van der Waals surface area contributed by atoms with Crippen molar-refractivity contribution in [2.75, 3.05) is 18.4 Å². The summed E-state index contributed by atoms with van der Waals surface area (Å²) in [5.74, 6) is -0.458. The van der Waals surface area contributed by atoms with Gasteiger partial charge in [0, 0.05) is 18.8 Å². The third kappa shape index (κ3) is 4.44. The summed E-state index contributed by atoms with van der Waals surface area (Å²) in [5, 5.41) is 3.08. The summed E-state index contributed by atoms with van der Waals surface area (Å²) >= 11 is 0. The first kappa shape index (κ1) is 22.5. The predicted octanol–water partition coefficient (Wildman–Crippen LogP) is 4.52. The van der Waals surface area contributed by atoms with Crippen molar-refractivity contribution in [1.29, 1.82) is 0 Å². The second-order valence-electron chi connectivity index (χ2n) is 8.38. The monoisotopic (exact) mass is 428 g/mol. The van der Waals surface area contributed by atoms with Crippen molar-refractivity contribution in [3.8, 4) is 0 Å². The van der Waals surface area contributed by atoms with Crippen LogP contribution in [0.15, 0.2) is 35.2 Å². The fourth-order valence-electron chi connectivity index (χ4n) is 4.50. The molecule has 162 valence electrons. The van der Waals surface area contributed by atoms with E-state index in [-0.39, 0.29) is 18.4 Å². The Balaban J connectivity index is 1.83. The molecule has 1 aliphatic heterocycles. The summed E-state index contributed by atoms with van der Waals surface area (Å²) in [5.41, 5.74) is 5.53. The molecule has 1 fully saturated rings. The van der Waals surface area contributed by atoms with Gasteiger partial charge in [0.2, 0.25) is 15.9 Å². The van der Waals surface area contributed by atoms with Crippen molar-refractivity contribution in [2.24, 2.45) is 5.92 Å². The first-order chi connectivity index (χ1) is 14.1. The van der Waals surface area contributed by atoms with E-state index in [1.54, 1.807) is 0 Å². The van der Waals surface area contributed by atoms with E-state index in [4.69, 9.17) is 0 Å². The van der Waals surface area contributed by atoms with Crippen LogP contribution in [-0.4, -0.2) is 31.7 Å². The van der Waals surface area contributed by atoms with Crippen LogP contribution < -0.4 is 5.32 Å². The highest BCUT2D eigenvalue weighted by Crippen LogP contribution is 2.30. The number of hydrogen-bond acceptors (Lipinski definition) is 3. The van der Waals surface area contributed by atoms with E-state index in [1.807, 2.05) is 58.0 Å². The lowest BCUT2D eigenvalue weighted by Crippen LogP contribution is -2.44. The van der Waals surface area contributed by atoms with E-state index in [9.17, 15) is 13.2 Å². The number of anilines is 1. The standard InChI is InChI=1S/C24H32N2O3S/c1-6-20-10-7-9-17(3)22(20)25-24(27)21-11-8-12-26(15-21)30(28,29)23-18(4)13-16(2)14-19(23)5/h7,9-10,13-14,21H,6,8,11-12,15H2,1-5H3,(H,25,27)/t21-/m1/s1. The topological polar surface area (TPSA) is 66.5 Å². The fourth-order valence-corrected chi connectivity index (χ4v) is 6.44. The first-order valence-corrected chi connectivity index (χ1v) is 12.1. The number of carbonyl (C=O) groups excluding carboxylic acids is 1. The quantitative estimate of drug-likeness (QED) is 0.761. The number of nitrogens with one attached hydrogen (secondary N) is 1. The lowest BCUT2D eigenvalue weighted by molar-refractivity contribution is -0.120. The van der Waals surface area contributed by atoms with Crippen molar-refractivity contribution < 1.29 is 13.2 Å². The largest absolute Gasteiger partial charge is 0.325 e. The maximum atomic E-state index is 13.4. The number of rotatable bonds is 5. The molecule has 1 heterocycles. The van der Waals surface area contributed by atoms with Crippen LogP contribution in [0.25, 0.3) is 0 Å². The average Bonchev–Trinajstić information content (AvgIpc) is 2.68. The number of para-hydroxylation sites is 1. The molecule has 1 saturated heterocycles. The Morgan fingerprint density at radius 3 is 2.40 bits per heavy atom. The summed E-state index contributed by atoms with van der Waals surface area (Å²) in [6.45, 7) is 10.4. The molecular formula is C24H32N2O3S. The molecule has 2 aromatic rings. The van der Waals surface area contributed by atoms with Gasteiger partial charge >= 0.3 is 0 Å². The Hall–Kier alpha value is -2.18. The SMILES string of the molecule is CCc1cccc(C)c1NC(=O)[C@@H]1CCCN(S(=O)(=O)c2c(C)cc(C)cc2C)C1. The maximum Gasteiger partial charge on any atom is 0.243 e. The number of nitrogens with zero attached hydrogens (tertiary/aromatic N) is 1. The zero-order chi connectivity index (χ0) is 22.1. The van der Waals surface area contributed by atoms with Crippen molar-refractivity contribution >= 4 is 21.6 Å². The predicted molar refractivity (Wildman–Crippen MR) is 121 cm³/mol. The average molecular weight is 429 g/mol. The smallest absolute Gasteiger partial charge is 0.243 e. The van der Waals surface area contributed by atoms with Crippen LogP contribution in [-0.2, 0) is 21.2 Å². The third-order valence-corrected chi connectivity index (χ3v) is 8.12. The van der Waals surface area contributed by atoms with Gasteiger partial charge in [-0.15, -0.1) is 0 Å². The molecule has 0 aromatic heterocycles. The minimum Gasteiger partial charge on any atom is -0.325 e. The molecule has 0 spiro atoms. The van der Waals surface area contributed by atoms with E-state index in [0.29, 0.717) is 24.3 Å². The Bertz CT molecular complexity index is 1040. The van der Waals surface area contributed by atoms with Gasteiger partial charge in [0.1, 0.15) is 0 Å². The van der Waals surface area contributed by atoms with Crippen LogP contribution in [0.4, 0.5) is 5.69 Å². The normalized spacial score (nSPS) is 17.7. The molecule has 2 aromatic carbocycles. The summed E-state index contributed by atoms with van der Waals surface area (Å²) in [6.07, 6.45) is 2.20. The number of carbonyl (C=O) groups is 1. The van der Waals surface area contributed by atoms with E-state index in [1.165, 1.54) is 4.31 Å². The zero-order valence-corrected chi connectivity index (χ0v) is 19.4. The molecule has 1 N–H and O–H groups in total. The van der Waals surface area contributed by atoms with Gasteiger partial charge in [-0.1, -0.05) is 42.8 Å². The Kier molecular flexibility index (Phi) is 6.68. The molecule has 30 heavy (non-hydrogen) atoms. The molecule has 0 unspecified atom stereocenters. The second-order valence-corrected chi connectivity index (χ2v) is 10.3. The minimum absolute atomic E-state index is 0.101. The zero-order valence-electron chi connectivity index (χ0n) is 18.6. The van der Waals surface area contributed by atoms with Gasteiger partial charge in [0.15, 0.2) is 0 Å². The van der Waals surface area contributed by atoms with E-state index in [2.05, 4.69) is 12.2 Å². The van der Waals surface area contributed by atoms with Crippen molar-refractivity contribution in [3.05, 3.63) is 58.1 Å². The van der Waals surface area contributed by atoms with E-state index < -0.39 is 10.0 Å². The molecule has 0 bridgehead atoms. The molecule has 3 rings (SSSR count). The van der Waals surface area contributed by atoms with Crippen molar-refractivity contribution in [3.63, 3.8) is 0 Å². The van der Waals surface area contributed by atoms with E-state index in [0.717, 1.165) is 39.9 Å². The van der Waals surface area contributed by atoms with Crippen LogP contribution >= 0.6 is 0 Å². The van der Waals surface area contributed by atoms with Gasteiger partial charge < -0.3 is 5.32 Å². The van der Waals surface area contributed by atoms with Crippen molar-refractivity contribution in [2.45, 2.75) is 58.8 Å². The Morgan fingerprint density at radius 2 is 1.77 bits per heavy atom. The molecule has 0 aliphatic carbocycles. The van der Waals surface area contributed by atoms with Gasteiger partial charge in [0.05, 0.1) is 10.8 Å². The van der Waals surface area contributed by atoms with Gasteiger partial charge in [-0.2, -0.15) is 4.31 Å². The van der Waals surface area contributed by atoms with Crippen molar-refractivity contribution in [1.82, 2.24) is 4.31 Å². The third-order valence-electron chi connectivity index (χ3n) is 5.95. The summed E-state index contributed by atoms with van der Waals surface area (Å²) in [4.78, 5) is 13.4. The Labute approximate surface area is 180 Å². The number of hydrogen-bond donors (Lipinski definition) is 1. The fraction of sp³-hybridized carbons (Fsp3) is 0.458. The van der Waals surface area contributed by atoms with Crippen LogP contribution in [0, 0.1) is 33.6 Å². The van der Waals surface area contributed by atoms with Crippen LogP contribution in [0.1, 0.15) is 47.6 Å². The van der Waals surface area contributed by atoms with Gasteiger partial charge in [-0.3, -0.25) is 4.79 Å². The number of sulfonamides is 1. The molecule has 6 heteroatoms. The lowest BCUT2D eigenvalue weighted by atomic mass is 9.98. The number of aryl methyl sites for hydroxylation is 5. The molecule has 5 nitrogen and oxygen atoms in total. The van der Waals surface area contributed by atoms with Gasteiger partial charge in [-0.05, 0) is 69.2 Å². The highest BCUT2D eigenvalue weighted by atomic mass is 32.2. The molecular weight excluding hydrogens is 396 g/mol. The molecule has 1 atom stereocenters. The number of amides is 1. The summed E-state index contributed by atoms with van der Waals surface area (Å²) in [7, 11) is -3.65. The number of benzene rings is 2. The number of piperidine rings is 1. The Morgan fingerprint density at radius 1 is 1.10 bits per heavy atom. The maximum absolute atomic E-state index is 13.4. The minimum atomic E-state index is -3.65. The highest BCUT2D eigenvalue weighted by Gasteiger charge is 2.35. The summed E-state index contributed by atoms with van der Waals surface area (Å²) < 4.78 is 28.3. The second kappa shape index (κ2) is 8.90. The molecule has 0 saturated carbocycles. The van der Waals surface area contributed by atoms with Crippen LogP contribution in [0.3, 0.4) is 0 Å². The molecule has 1 amide bonds. The lowest BCUT2D eigenvalue weighted by Gasteiger charge is -2.32. The highest BCUT2D eigenvalue weighted by molar-refractivity contribution is 7.89. The van der Waals surface area contributed by atoms with Gasteiger partial charge in [0.25, 0.3) is 0 Å². The van der Waals surface area contributed by atoms with Crippen LogP contribution in [0.5, 0.6) is 0 Å².